The van der Waals surface area contributed by atoms with Gasteiger partial charge in [0.05, 0.1) is 17.7 Å². The average Bonchev–Trinajstić information content (AvgIpc) is 3.18. The summed E-state index contributed by atoms with van der Waals surface area (Å²) in [4.78, 5) is 27.9. The van der Waals surface area contributed by atoms with Gasteiger partial charge < -0.3 is 15.2 Å². The summed E-state index contributed by atoms with van der Waals surface area (Å²) in [6.07, 6.45) is 0.830. The molecule has 3 rings (SSSR count). The zero-order valence-electron chi connectivity index (χ0n) is 13.3. The van der Waals surface area contributed by atoms with Gasteiger partial charge in [0.25, 0.3) is 5.91 Å². The summed E-state index contributed by atoms with van der Waals surface area (Å²) in [6.45, 7) is 0. The van der Waals surface area contributed by atoms with Gasteiger partial charge in [0, 0.05) is 13.1 Å². The lowest BCUT2D eigenvalue weighted by atomic mass is 10.3. The van der Waals surface area contributed by atoms with E-state index < -0.39 is 11.9 Å². The van der Waals surface area contributed by atoms with Gasteiger partial charge in [-0.15, -0.1) is 15.0 Å². The second kappa shape index (κ2) is 6.77. The van der Waals surface area contributed by atoms with Crippen LogP contribution in [0.5, 0.6) is 5.75 Å². The Bertz CT molecular complexity index is 901. The Kier molecular flexibility index (Phi) is 4.52. The highest BCUT2D eigenvalue weighted by atomic mass is 32.2. The SMILES string of the molecule is CNc1nn(-c2ccc(OC)cc2)nc1C1=NC(=O)C(=CC(=O)O)S1. The predicted molar refractivity (Wildman–Crippen MR) is 92.3 cm³/mol. The first-order valence-corrected chi connectivity index (χ1v) is 7.89. The van der Waals surface area contributed by atoms with Gasteiger partial charge in [-0.3, -0.25) is 4.79 Å². The van der Waals surface area contributed by atoms with Gasteiger partial charge >= 0.3 is 5.97 Å². The van der Waals surface area contributed by atoms with Crippen LogP contribution >= 0.6 is 11.8 Å². The molecule has 0 unspecified atom stereocenters. The smallest absolute Gasteiger partial charge is 0.329 e. The molecule has 1 aromatic carbocycles. The molecule has 0 saturated carbocycles. The van der Waals surface area contributed by atoms with Gasteiger partial charge in [-0.25, -0.2) is 4.79 Å². The third-order valence-electron chi connectivity index (χ3n) is 3.23. The summed E-state index contributed by atoms with van der Waals surface area (Å²) >= 11 is 0.949. The number of thioether (sulfide) groups is 1. The van der Waals surface area contributed by atoms with Crippen molar-refractivity contribution in [3.05, 3.63) is 40.9 Å². The first-order valence-electron chi connectivity index (χ1n) is 7.07. The number of nitrogens with zero attached hydrogens (tertiary/aromatic N) is 4. The summed E-state index contributed by atoms with van der Waals surface area (Å²) in [7, 11) is 3.24. The fraction of sp³-hybridized carbons (Fsp3) is 0.133. The number of hydrogen-bond donors (Lipinski definition) is 2. The molecule has 0 spiro atoms. The number of carbonyl (C=O) groups excluding carboxylic acids is 1. The van der Waals surface area contributed by atoms with E-state index in [0.717, 1.165) is 17.8 Å². The van der Waals surface area contributed by atoms with E-state index in [2.05, 4.69) is 20.5 Å². The molecule has 25 heavy (non-hydrogen) atoms. The number of aliphatic carboxylic acids is 1. The van der Waals surface area contributed by atoms with E-state index in [4.69, 9.17) is 9.84 Å². The van der Waals surface area contributed by atoms with Crippen molar-refractivity contribution in [1.82, 2.24) is 15.0 Å². The quantitative estimate of drug-likeness (QED) is 0.767. The molecule has 128 valence electrons. The molecule has 2 heterocycles. The Balaban J connectivity index is 1.95. The van der Waals surface area contributed by atoms with Gasteiger partial charge in [0.2, 0.25) is 0 Å². The lowest BCUT2D eigenvalue weighted by Gasteiger charge is -2.01. The fourth-order valence-corrected chi connectivity index (χ4v) is 2.94. The zero-order valence-corrected chi connectivity index (χ0v) is 14.1. The molecule has 0 aliphatic carbocycles. The molecule has 10 heteroatoms. The number of aromatic nitrogens is 3. The minimum Gasteiger partial charge on any atom is -0.497 e. The minimum atomic E-state index is -1.21. The Hall–Kier alpha value is -3.14. The van der Waals surface area contributed by atoms with Gasteiger partial charge in [0.1, 0.15) is 10.8 Å². The van der Waals surface area contributed by atoms with E-state index in [-0.39, 0.29) is 4.91 Å². The number of methoxy groups -OCH3 is 1. The van der Waals surface area contributed by atoms with Crippen molar-refractivity contribution in [2.45, 2.75) is 0 Å². The number of aliphatic imine (C=N–C) groups is 1. The number of hydrogen-bond acceptors (Lipinski definition) is 7. The van der Waals surface area contributed by atoms with Gasteiger partial charge in [0.15, 0.2) is 11.5 Å². The molecule has 0 saturated heterocycles. The zero-order chi connectivity index (χ0) is 18.0. The van der Waals surface area contributed by atoms with Crippen LogP contribution < -0.4 is 10.1 Å². The Morgan fingerprint density at radius 3 is 2.64 bits per heavy atom. The van der Waals surface area contributed by atoms with Crippen LogP contribution in [0.2, 0.25) is 0 Å². The molecular weight excluding hydrogens is 346 g/mol. The average molecular weight is 359 g/mol. The number of ether oxygens (including phenoxy) is 1. The van der Waals surface area contributed by atoms with Gasteiger partial charge in [-0.2, -0.15) is 4.99 Å². The van der Waals surface area contributed by atoms with Crippen molar-refractivity contribution in [3.63, 3.8) is 0 Å². The second-order valence-corrected chi connectivity index (χ2v) is 5.84. The lowest BCUT2D eigenvalue weighted by Crippen LogP contribution is -2.01. The Morgan fingerprint density at radius 2 is 2.04 bits per heavy atom. The Labute approximate surface area is 146 Å². The summed E-state index contributed by atoms with van der Waals surface area (Å²) in [5.74, 6) is -0.687. The van der Waals surface area contributed by atoms with E-state index in [9.17, 15) is 9.59 Å². The van der Waals surface area contributed by atoms with E-state index in [1.54, 1.807) is 38.4 Å². The molecule has 0 bridgehead atoms. The highest BCUT2D eigenvalue weighted by Gasteiger charge is 2.28. The molecule has 0 radical (unpaired) electrons. The molecule has 1 aromatic heterocycles. The molecule has 0 atom stereocenters. The number of carboxylic acids is 1. The number of carbonyl (C=O) groups is 2. The van der Waals surface area contributed by atoms with Crippen molar-refractivity contribution in [1.29, 1.82) is 0 Å². The van der Waals surface area contributed by atoms with Crippen LogP contribution in [0.3, 0.4) is 0 Å². The number of amides is 1. The van der Waals surface area contributed by atoms with Crippen molar-refractivity contribution in [2.75, 3.05) is 19.5 Å². The van der Waals surface area contributed by atoms with Crippen molar-refractivity contribution < 1.29 is 19.4 Å². The summed E-state index contributed by atoms with van der Waals surface area (Å²) in [5.41, 5.74) is 1.06. The molecule has 0 fully saturated rings. The van der Waals surface area contributed by atoms with Crippen LogP contribution in [0.15, 0.2) is 40.2 Å². The first-order chi connectivity index (χ1) is 12.0. The summed E-state index contributed by atoms with van der Waals surface area (Å²) in [6, 6.07) is 7.12. The van der Waals surface area contributed by atoms with E-state index in [1.165, 1.54) is 4.80 Å². The van der Waals surface area contributed by atoms with Crippen LogP contribution in [-0.2, 0) is 9.59 Å². The normalized spacial score (nSPS) is 15.4. The highest BCUT2D eigenvalue weighted by molar-refractivity contribution is 8.19. The largest absolute Gasteiger partial charge is 0.497 e. The van der Waals surface area contributed by atoms with Crippen molar-refractivity contribution in [3.8, 4) is 11.4 Å². The maximum Gasteiger partial charge on any atom is 0.329 e. The third-order valence-corrected chi connectivity index (χ3v) is 4.22. The number of carboxylic acid groups (broad SMARTS) is 1. The standard InChI is InChI=1S/C15H13N5O4S/c1-16-13-12(15-17-14(23)10(25-15)7-11(21)22)18-20(19-13)8-3-5-9(24-2)6-4-8/h3-7H,1-2H3,(H,16,19)(H,21,22). The molecule has 1 aliphatic heterocycles. The maximum absolute atomic E-state index is 11.8. The van der Waals surface area contributed by atoms with Crippen LogP contribution in [0.25, 0.3) is 5.69 Å². The number of rotatable bonds is 5. The van der Waals surface area contributed by atoms with Crippen LogP contribution in [0.1, 0.15) is 5.69 Å². The molecule has 1 aliphatic rings. The van der Waals surface area contributed by atoms with E-state index in [0.29, 0.717) is 28.0 Å². The topological polar surface area (TPSA) is 119 Å². The monoisotopic (exact) mass is 359 g/mol. The number of anilines is 1. The van der Waals surface area contributed by atoms with Crippen molar-refractivity contribution in [2.24, 2.45) is 4.99 Å². The van der Waals surface area contributed by atoms with Crippen molar-refractivity contribution >= 4 is 34.5 Å². The predicted octanol–water partition coefficient (Wildman–Crippen LogP) is 1.31. The number of nitrogens with one attached hydrogen (secondary N) is 1. The molecule has 2 N–H and O–H groups in total. The van der Waals surface area contributed by atoms with Crippen LogP contribution in [-0.4, -0.2) is 51.2 Å². The fourth-order valence-electron chi connectivity index (χ4n) is 2.07. The first kappa shape index (κ1) is 16.7. The summed E-state index contributed by atoms with van der Waals surface area (Å²) < 4.78 is 5.12. The highest BCUT2D eigenvalue weighted by Crippen LogP contribution is 2.31. The third kappa shape index (κ3) is 3.38. The number of benzene rings is 1. The van der Waals surface area contributed by atoms with Crippen LogP contribution in [0, 0.1) is 0 Å². The molecule has 9 nitrogen and oxygen atoms in total. The summed E-state index contributed by atoms with van der Waals surface area (Å²) in [5, 5.41) is 20.7. The van der Waals surface area contributed by atoms with Crippen LogP contribution in [0.4, 0.5) is 5.82 Å². The molecule has 1 amide bonds. The second-order valence-electron chi connectivity index (χ2n) is 4.81. The molecule has 2 aromatic rings. The van der Waals surface area contributed by atoms with Gasteiger partial charge in [-0.05, 0) is 24.3 Å². The Morgan fingerprint density at radius 1 is 1.32 bits per heavy atom. The van der Waals surface area contributed by atoms with E-state index >= 15 is 0 Å². The molecular formula is C15H13N5O4S. The lowest BCUT2D eigenvalue weighted by molar-refractivity contribution is -0.131. The minimum absolute atomic E-state index is 0.0311. The maximum atomic E-state index is 11.8. The van der Waals surface area contributed by atoms with Gasteiger partial charge in [-0.1, -0.05) is 11.8 Å². The van der Waals surface area contributed by atoms with E-state index in [1.807, 2.05) is 0 Å².